The van der Waals surface area contributed by atoms with Gasteiger partial charge >= 0.3 is 0 Å². The predicted octanol–water partition coefficient (Wildman–Crippen LogP) is 4.96. The van der Waals surface area contributed by atoms with Crippen molar-refractivity contribution in [1.82, 2.24) is 5.32 Å². The first-order valence-electron chi connectivity index (χ1n) is 9.05. The van der Waals surface area contributed by atoms with E-state index in [2.05, 4.69) is 5.32 Å². The number of hydrogen-bond donors (Lipinski definition) is 1. The Kier molecular flexibility index (Phi) is 4.72. The van der Waals surface area contributed by atoms with E-state index in [1.54, 1.807) is 31.4 Å². The van der Waals surface area contributed by atoms with E-state index < -0.39 is 0 Å². The first-order chi connectivity index (χ1) is 12.0. The SMILES string of the molecule is COc1c(Cl)cc(Cl)cc1C=CC(=O)NC1C2CC3CC(C2)CC1C3. The van der Waals surface area contributed by atoms with Crippen LogP contribution >= 0.6 is 23.2 Å². The van der Waals surface area contributed by atoms with E-state index in [0.29, 0.717) is 39.2 Å². The fourth-order valence-corrected chi connectivity index (χ4v) is 6.04. The zero-order chi connectivity index (χ0) is 17.6. The second kappa shape index (κ2) is 6.85. The molecule has 4 fully saturated rings. The summed E-state index contributed by atoms with van der Waals surface area (Å²) >= 11 is 12.2. The van der Waals surface area contributed by atoms with Gasteiger partial charge < -0.3 is 10.1 Å². The minimum atomic E-state index is -0.0457. The standard InChI is InChI=1S/C20H23Cl2NO2/c1-25-20-13(9-16(21)10-17(20)22)2-3-18(24)23-19-14-5-11-4-12(7-14)8-15(19)6-11/h2-3,9-12,14-15,19H,4-8H2,1H3,(H,23,24). The van der Waals surface area contributed by atoms with Gasteiger partial charge in [0.2, 0.25) is 5.91 Å². The second-order valence-electron chi connectivity index (χ2n) is 7.81. The van der Waals surface area contributed by atoms with E-state index in [4.69, 9.17) is 27.9 Å². The summed E-state index contributed by atoms with van der Waals surface area (Å²) in [6.07, 6.45) is 9.87. The number of rotatable bonds is 4. The van der Waals surface area contributed by atoms with Gasteiger partial charge in [0, 0.05) is 22.7 Å². The summed E-state index contributed by atoms with van der Waals surface area (Å²) in [5, 5.41) is 4.23. The molecule has 5 rings (SSSR count). The molecule has 4 saturated carbocycles. The Hall–Kier alpha value is -1.19. The summed E-state index contributed by atoms with van der Waals surface area (Å²) in [5.74, 6) is 3.64. The molecule has 0 aromatic heterocycles. The molecule has 4 bridgehead atoms. The molecule has 0 spiro atoms. The number of carbonyl (C=O) groups is 1. The van der Waals surface area contributed by atoms with Crippen molar-refractivity contribution < 1.29 is 9.53 Å². The van der Waals surface area contributed by atoms with Crippen LogP contribution in [0.1, 0.15) is 37.7 Å². The van der Waals surface area contributed by atoms with Crippen LogP contribution in [-0.2, 0) is 4.79 Å². The molecule has 0 atom stereocenters. The van der Waals surface area contributed by atoms with E-state index >= 15 is 0 Å². The molecule has 0 heterocycles. The zero-order valence-electron chi connectivity index (χ0n) is 14.3. The maximum atomic E-state index is 12.5. The van der Waals surface area contributed by atoms with Gasteiger partial charge in [-0.1, -0.05) is 23.2 Å². The van der Waals surface area contributed by atoms with Crippen molar-refractivity contribution in [3.8, 4) is 5.75 Å². The highest BCUT2D eigenvalue weighted by Gasteiger charge is 2.48. The summed E-state index contributed by atoms with van der Waals surface area (Å²) in [6.45, 7) is 0. The quantitative estimate of drug-likeness (QED) is 0.750. The topological polar surface area (TPSA) is 38.3 Å². The lowest BCUT2D eigenvalue weighted by Gasteiger charge is -2.54. The average Bonchev–Trinajstić information content (AvgIpc) is 2.55. The summed E-state index contributed by atoms with van der Waals surface area (Å²) in [7, 11) is 1.56. The molecule has 1 N–H and O–H groups in total. The van der Waals surface area contributed by atoms with E-state index in [9.17, 15) is 4.79 Å². The number of halogens is 2. The van der Waals surface area contributed by atoms with Crippen LogP contribution in [0.3, 0.4) is 0 Å². The highest BCUT2D eigenvalue weighted by atomic mass is 35.5. The van der Waals surface area contributed by atoms with Crippen LogP contribution in [0.25, 0.3) is 6.08 Å². The normalized spacial score (nSPS) is 33.0. The third-order valence-electron chi connectivity index (χ3n) is 6.19. The monoisotopic (exact) mass is 379 g/mol. The van der Waals surface area contributed by atoms with E-state index in [-0.39, 0.29) is 5.91 Å². The summed E-state index contributed by atoms with van der Waals surface area (Å²) < 4.78 is 5.32. The summed E-state index contributed by atoms with van der Waals surface area (Å²) in [5.41, 5.74) is 0.709. The highest BCUT2D eigenvalue weighted by molar-refractivity contribution is 6.36. The highest BCUT2D eigenvalue weighted by Crippen LogP contribution is 2.53. The number of carbonyl (C=O) groups excluding carboxylic acids is 1. The van der Waals surface area contributed by atoms with Crippen molar-refractivity contribution in [2.45, 2.75) is 38.1 Å². The Morgan fingerprint density at radius 2 is 1.76 bits per heavy atom. The van der Waals surface area contributed by atoms with Crippen molar-refractivity contribution in [2.24, 2.45) is 23.7 Å². The lowest BCUT2D eigenvalue weighted by Crippen LogP contribution is -2.55. The fraction of sp³-hybridized carbons (Fsp3) is 0.550. The van der Waals surface area contributed by atoms with Crippen LogP contribution in [0.15, 0.2) is 18.2 Å². The van der Waals surface area contributed by atoms with Gasteiger partial charge in [0.15, 0.2) is 0 Å². The first kappa shape index (κ1) is 17.2. The number of amides is 1. The first-order valence-corrected chi connectivity index (χ1v) is 9.80. The number of hydrogen-bond acceptors (Lipinski definition) is 2. The Morgan fingerprint density at radius 1 is 1.12 bits per heavy atom. The second-order valence-corrected chi connectivity index (χ2v) is 8.65. The van der Waals surface area contributed by atoms with Crippen molar-refractivity contribution in [1.29, 1.82) is 0 Å². The summed E-state index contributed by atoms with van der Waals surface area (Å²) in [6, 6.07) is 3.72. The third-order valence-corrected chi connectivity index (χ3v) is 6.69. The molecule has 0 radical (unpaired) electrons. The molecule has 134 valence electrons. The number of nitrogens with one attached hydrogen (secondary N) is 1. The molecular formula is C20H23Cl2NO2. The van der Waals surface area contributed by atoms with Crippen molar-refractivity contribution >= 4 is 35.2 Å². The largest absolute Gasteiger partial charge is 0.495 e. The lowest BCUT2D eigenvalue weighted by molar-refractivity contribution is -0.120. The van der Waals surface area contributed by atoms with Crippen LogP contribution in [0.5, 0.6) is 5.75 Å². The van der Waals surface area contributed by atoms with Crippen molar-refractivity contribution in [3.05, 3.63) is 33.8 Å². The molecule has 1 aromatic rings. The van der Waals surface area contributed by atoms with Gasteiger partial charge in [-0.2, -0.15) is 0 Å². The molecule has 0 saturated heterocycles. The van der Waals surface area contributed by atoms with Crippen LogP contribution in [0, 0.1) is 23.7 Å². The van der Waals surface area contributed by atoms with Gasteiger partial charge in [0.05, 0.1) is 12.1 Å². The fourth-order valence-electron chi connectivity index (χ4n) is 5.46. The Morgan fingerprint density at radius 3 is 2.36 bits per heavy atom. The number of methoxy groups -OCH3 is 1. The minimum Gasteiger partial charge on any atom is -0.495 e. The van der Waals surface area contributed by atoms with Crippen LogP contribution in [0.2, 0.25) is 10.0 Å². The van der Waals surface area contributed by atoms with Crippen molar-refractivity contribution in [2.75, 3.05) is 7.11 Å². The zero-order valence-corrected chi connectivity index (χ0v) is 15.8. The molecule has 0 unspecified atom stereocenters. The van der Waals surface area contributed by atoms with E-state index in [0.717, 1.165) is 11.8 Å². The number of ether oxygens (including phenoxy) is 1. The Balaban J connectivity index is 1.45. The molecular weight excluding hydrogens is 357 g/mol. The Bertz CT molecular complexity index is 688. The molecule has 4 aliphatic rings. The smallest absolute Gasteiger partial charge is 0.244 e. The van der Waals surface area contributed by atoms with Gasteiger partial charge in [-0.25, -0.2) is 0 Å². The van der Waals surface area contributed by atoms with Crippen LogP contribution < -0.4 is 10.1 Å². The van der Waals surface area contributed by atoms with E-state index in [1.807, 2.05) is 0 Å². The average molecular weight is 380 g/mol. The predicted molar refractivity (Wildman–Crippen MR) is 101 cm³/mol. The molecule has 3 nitrogen and oxygen atoms in total. The molecule has 4 aliphatic carbocycles. The molecule has 1 amide bonds. The molecule has 25 heavy (non-hydrogen) atoms. The minimum absolute atomic E-state index is 0.0457. The number of benzene rings is 1. The maximum Gasteiger partial charge on any atom is 0.244 e. The van der Waals surface area contributed by atoms with E-state index in [1.165, 1.54) is 32.1 Å². The molecule has 0 aliphatic heterocycles. The van der Waals surface area contributed by atoms with Crippen LogP contribution in [0.4, 0.5) is 0 Å². The summed E-state index contributed by atoms with van der Waals surface area (Å²) in [4.78, 5) is 12.5. The van der Waals surface area contributed by atoms with Crippen LogP contribution in [-0.4, -0.2) is 19.1 Å². The lowest BCUT2D eigenvalue weighted by atomic mass is 9.54. The van der Waals surface area contributed by atoms with Crippen molar-refractivity contribution in [3.63, 3.8) is 0 Å². The van der Waals surface area contributed by atoms with Gasteiger partial charge in [0.25, 0.3) is 0 Å². The molecule has 5 heteroatoms. The van der Waals surface area contributed by atoms with Gasteiger partial charge in [-0.3, -0.25) is 4.79 Å². The van der Waals surface area contributed by atoms with Gasteiger partial charge in [-0.15, -0.1) is 0 Å². The maximum absolute atomic E-state index is 12.5. The van der Waals surface area contributed by atoms with Gasteiger partial charge in [0.1, 0.15) is 5.75 Å². The molecule has 1 aromatic carbocycles. The third kappa shape index (κ3) is 3.41. The van der Waals surface area contributed by atoms with Gasteiger partial charge in [-0.05, 0) is 74.0 Å². The Labute approximate surface area is 158 Å².